The topological polar surface area (TPSA) is 49.4 Å². The molecule has 3 aromatic carbocycles. The first-order valence-electron chi connectivity index (χ1n) is 8.85. The van der Waals surface area contributed by atoms with E-state index in [0.29, 0.717) is 5.02 Å². The van der Waals surface area contributed by atoms with E-state index in [1.165, 1.54) is 4.41 Å². The molecule has 3 aromatic rings. The van der Waals surface area contributed by atoms with Crippen LogP contribution >= 0.6 is 11.6 Å². The van der Waals surface area contributed by atoms with Crippen LogP contribution < -0.4 is 5.43 Å². The van der Waals surface area contributed by atoms with E-state index in [-0.39, 0.29) is 4.90 Å². The van der Waals surface area contributed by atoms with Crippen molar-refractivity contribution in [2.24, 2.45) is 0 Å². The van der Waals surface area contributed by atoms with Gasteiger partial charge in [-0.2, -0.15) is 0 Å². The summed E-state index contributed by atoms with van der Waals surface area (Å²) in [4.78, 5) is 0.243. The van der Waals surface area contributed by atoms with E-state index >= 15 is 0 Å². The number of hydrazine groups is 1. The van der Waals surface area contributed by atoms with Crippen LogP contribution in [0.1, 0.15) is 22.7 Å². The Kier molecular flexibility index (Phi) is 4.98. The predicted octanol–water partition coefficient (Wildman–Crippen LogP) is 4.94. The molecule has 0 spiro atoms. The third-order valence-corrected chi connectivity index (χ3v) is 6.64. The molecule has 0 fully saturated rings. The molecule has 1 aliphatic rings. The average Bonchev–Trinajstić information content (AvgIpc) is 3.16. The lowest BCUT2D eigenvalue weighted by molar-refractivity contribution is 0.348. The fraction of sp³-hybridized carbons (Fsp3) is 0.0909. The zero-order valence-corrected chi connectivity index (χ0v) is 16.8. The molecule has 1 N–H and O–H groups in total. The number of halogens is 1. The van der Waals surface area contributed by atoms with Crippen molar-refractivity contribution in [2.45, 2.75) is 17.9 Å². The smallest absolute Gasteiger partial charge is 0.260 e. The van der Waals surface area contributed by atoms with E-state index in [1.807, 2.05) is 55.5 Å². The quantitative estimate of drug-likeness (QED) is 0.662. The molecule has 1 aliphatic heterocycles. The van der Waals surface area contributed by atoms with Gasteiger partial charge in [-0.25, -0.2) is 8.42 Å². The molecule has 6 heteroatoms. The molecular formula is C22H19ClN2O2S. The molecule has 4 rings (SSSR count). The van der Waals surface area contributed by atoms with Gasteiger partial charge in [0.25, 0.3) is 10.0 Å². The van der Waals surface area contributed by atoms with Gasteiger partial charge in [0.15, 0.2) is 0 Å². The molecule has 0 amide bonds. The Morgan fingerprint density at radius 2 is 1.54 bits per heavy atom. The van der Waals surface area contributed by atoms with Crippen molar-refractivity contribution in [1.29, 1.82) is 0 Å². The first kappa shape index (κ1) is 18.7. The van der Waals surface area contributed by atoms with Gasteiger partial charge in [-0.15, -0.1) is 4.41 Å². The summed E-state index contributed by atoms with van der Waals surface area (Å²) in [6.07, 6.45) is 1.92. The molecular weight excluding hydrogens is 392 g/mol. The normalized spacial score (nSPS) is 17.2. The minimum atomic E-state index is -3.77. The fourth-order valence-electron chi connectivity index (χ4n) is 3.15. The highest BCUT2D eigenvalue weighted by Crippen LogP contribution is 2.35. The molecule has 142 valence electrons. The van der Waals surface area contributed by atoms with Crippen molar-refractivity contribution in [3.63, 3.8) is 0 Å². The van der Waals surface area contributed by atoms with Crippen molar-refractivity contribution in [3.8, 4) is 0 Å². The summed E-state index contributed by atoms with van der Waals surface area (Å²) < 4.78 is 28.1. The minimum absolute atomic E-state index is 0.243. The van der Waals surface area contributed by atoms with Crippen LogP contribution in [0.25, 0.3) is 5.70 Å². The summed E-state index contributed by atoms with van der Waals surface area (Å²) in [5.41, 5.74) is 6.60. The van der Waals surface area contributed by atoms with Gasteiger partial charge in [0, 0.05) is 5.02 Å². The van der Waals surface area contributed by atoms with E-state index in [9.17, 15) is 8.42 Å². The Labute approximate surface area is 170 Å². The summed E-state index contributed by atoms with van der Waals surface area (Å²) in [5.74, 6) is 0. The Morgan fingerprint density at radius 1 is 0.893 bits per heavy atom. The van der Waals surface area contributed by atoms with Crippen LogP contribution in [0.3, 0.4) is 0 Å². The van der Waals surface area contributed by atoms with Crippen molar-refractivity contribution in [1.82, 2.24) is 9.84 Å². The lowest BCUT2D eigenvalue weighted by Crippen LogP contribution is -2.39. The van der Waals surface area contributed by atoms with E-state index in [1.54, 1.807) is 36.4 Å². The van der Waals surface area contributed by atoms with Crippen LogP contribution in [0.2, 0.25) is 5.02 Å². The van der Waals surface area contributed by atoms with Gasteiger partial charge in [0.1, 0.15) is 0 Å². The molecule has 1 atom stereocenters. The van der Waals surface area contributed by atoms with Gasteiger partial charge < -0.3 is 5.43 Å². The van der Waals surface area contributed by atoms with E-state index < -0.39 is 16.1 Å². The second kappa shape index (κ2) is 7.43. The summed E-state index contributed by atoms with van der Waals surface area (Å²) in [6.45, 7) is 1.93. The van der Waals surface area contributed by atoms with Crippen molar-refractivity contribution in [2.75, 3.05) is 0 Å². The van der Waals surface area contributed by atoms with Crippen molar-refractivity contribution in [3.05, 3.63) is 107 Å². The number of hydrogen-bond acceptors (Lipinski definition) is 3. The van der Waals surface area contributed by atoms with E-state index in [4.69, 9.17) is 11.6 Å². The average molecular weight is 411 g/mol. The van der Waals surface area contributed by atoms with Gasteiger partial charge in [-0.1, -0.05) is 71.8 Å². The number of nitrogens with zero attached hydrogens (tertiary/aromatic N) is 1. The zero-order chi connectivity index (χ0) is 19.7. The summed E-state index contributed by atoms with van der Waals surface area (Å²) in [6, 6.07) is 23.2. The maximum Gasteiger partial charge on any atom is 0.260 e. The lowest BCUT2D eigenvalue weighted by Gasteiger charge is -2.25. The number of sulfonamides is 1. The number of benzene rings is 3. The number of rotatable bonds is 4. The molecule has 1 heterocycles. The van der Waals surface area contributed by atoms with Crippen LogP contribution in [0.15, 0.2) is 89.8 Å². The number of aryl methyl sites for hydroxylation is 1. The van der Waals surface area contributed by atoms with Gasteiger partial charge in [0.05, 0.1) is 16.6 Å². The highest BCUT2D eigenvalue weighted by Gasteiger charge is 2.36. The second-order valence-corrected chi connectivity index (χ2v) is 8.92. The van der Waals surface area contributed by atoms with E-state index in [0.717, 1.165) is 22.4 Å². The first-order chi connectivity index (χ1) is 13.4. The van der Waals surface area contributed by atoms with Gasteiger partial charge >= 0.3 is 0 Å². The molecule has 0 aliphatic carbocycles. The van der Waals surface area contributed by atoms with Crippen LogP contribution in [-0.2, 0) is 10.0 Å². The van der Waals surface area contributed by atoms with Crippen molar-refractivity contribution >= 4 is 27.3 Å². The standard InChI is InChI=1S/C22H19ClN2O2S/c1-16-7-13-20(14-8-16)28(26,27)25-22(18-9-11-19(23)12-10-18)15-21(24-25)17-5-3-2-4-6-17/h2-15,22,24H,1H3/t22-/m0/s1. The number of nitrogens with one attached hydrogen (secondary N) is 1. The van der Waals surface area contributed by atoms with Gasteiger partial charge in [0.2, 0.25) is 0 Å². The predicted molar refractivity (Wildman–Crippen MR) is 112 cm³/mol. The summed E-state index contributed by atoms with van der Waals surface area (Å²) >= 11 is 6.02. The highest BCUT2D eigenvalue weighted by atomic mass is 35.5. The molecule has 0 bridgehead atoms. The molecule has 0 radical (unpaired) electrons. The van der Waals surface area contributed by atoms with Gasteiger partial charge in [-0.3, -0.25) is 0 Å². The fourth-order valence-corrected chi connectivity index (χ4v) is 4.69. The maximum atomic E-state index is 13.4. The van der Waals surface area contributed by atoms with Gasteiger partial charge in [-0.05, 0) is 48.4 Å². The van der Waals surface area contributed by atoms with Crippen molar-refractivity contribution < 1.29 is 8.42 Å². The third-order valence-electron chi connectivity index (χ3n) is 4.68. The molecule has 0 saturated heterocycles. The lowest BCUT2D eigenvalue weighted by atomic mass is 10.1. The SMILES string of the molecule is Cc1ccc(S(=O)(=O)N2NC(c3ccccc3)=C[C@H]2c2ccc(Cl)cc2)cc1. The first-order valence-corrected chi connectivity index (χ1v) is 10.7. The second-order valence-electron chi connectivity index (χ2n) is 6.67. The Bertz CT molecular complexity index is 1110. The third kappa shape index (κ3) is 3.56. The van der Waals surface area contributed by atoms with E-state index in [2.05, 4.69) is 5.43 Å². The maximum absolute atomic E-state index is 13.4. The zero-order valence-electron chi connectivity index (χ0n) is 15.2. The molecule has 0 saturated carbocycles. The summed E-state index contributed by atoms with van der Waals surface area (Å²) in [5, 5.41) is 0.606. The molecule has 0 unspecified atom stereocenters. The molecule has 0 aromatic heterocycles. The summed E-state index contributed by atoms with van der Waals surface area (Å²) in [7, 11) is -3.77. The Hall–Kier alpha value is -2.60. The minimum Gasteiger partial charge on any atom is -0.304 e. The monoisotopic (exact) mass is 410 g/mol. The highest BCUT2D eigenvalue weighted by molar-refractivity contribution is 7.89. The van der Waals surface area contributed by atoms with Crippen LogP contribution in [0, 0.1) is 6.92 Å². The van der Waals surface area contributed by atoms with Crippen LogP contribution in [-0.4, -0.2) is 12.8 Å². The molecule has 28 heavy (non-hydrogen) atoms. The van der Waals surface area contributed by atoms with Crippen LogP contribution in [0.5, 0.6) is 0 Å². The molecule has 4 nitrogen and oxygen atoms in total. The largest absolute Gasteiger partial charge is 0.304 e. The Morgan fingerprint density at radius 3 is 2.18 bits per heavy atom. The van der Waals surface area contributed by atoms with Crippen LogP contribution in [0.4, 0.5) is 0 Å². The Balaban J connectivity index is 1.78. The number of hydrogen-bond donors (Lipinski definition) is 1.